The Morgan fingerprint density at radius 3 is 2.50 bits per heavy atom. The van der Waals surface area contributed by atoms with Gasteiger partial charge in [-0.3, -0.25) is 0 Å². The second kappa shape index (κ2) is 4.80. The lowest BCUT2D eigenvalue weighted by Crippen LogP contribution is -2.35. The fourth-order valence-corrected chi connectivity index (χ4v) is 1.38. The minimum atomic E-state index is 0.152. The first-order chi connectivity index (χ1) is 6.50. The van der Waals surface area contributed by atoms with Gasteiger partial charge in [0.1, 0.15) is 0 Å². The topological polar surface area (TPSA) is 38.0 Å². The first-order valence-corrected chi connectivity index (χ1v) is 5.58. The van der Waals surface area contributed by atoms with Crippen molar-refractivity contribution in [1.29, 1.82) is 0 Å². The van der Waals surface area contributed by atoms with Crippen LogP contribution in [0.4, 0.5) is 5.69 Å². The normalized spacial score (nSPS) is 14.9. The maximum absolute atomic E-state index is 5.78. The Hall–Kier alpha value is -0.540. The SMILES string of the molecule is Cc1cc(NC(C)C(C)N)ccc1Br. The Morgan fingerprint density at radius 1 is 1.36 bits per heavy atom. The van der Waals surface area contributed by atoms with Crippen molar-refractivity contribution >= 4 is 21.6 Å². The van der Waals surface area contributed by atoms with Crippen molar-refractivity contribution in [1.82, 2.24) is 0 Å². The molecule has 0 aliphatic rings. The number of hydrogen-bond acceptors (Lipinski definition) is 2. The number of hydrogen-bond donors (Lipinski definition) is 2. The van der Waals surface area contributed by atoms with E-state index in [1.807, 2.05) is 13.0 Å². The first-order valence-electron chi connectivity index (χ1n) is 4.79. The number of halogens is 1. The number of anilines is 1. The lowest BCUT2D eigenvalue weighted by Gasteiger charge is -2.19. The predicted molar refractivity (Wildman–Crippen MR) is 65.6 cm³/mol. The molecular formula is C11H17BrN2. The predicted octanol–water partition coefficient (Wildman–Crippen LogP) is 2.91. The average molecular weight is 257 g/mol. The zero-order valence-corrected chi connectivity index (χ0v) is 10.4. The third kappa shape index (κ3) is 3.00. The van der Waals surface area contributed by atoms with Crippen LogP contribution < -0.4 is 11.1 Å². The van der Waals surface area contributed by atoms with Gasteiger partial charge < -0.3 is 11.1 Å². The van der Waals surface area contributed by atoms with E-state index in [0.717, 1.165) is 10.2 Å². The zero-order chi connectivity index (χ0) is 10.7. The van der Waals surface area contributed by atoms with Gasteiger partial charge in [0.25, 0.3) is 0 Å². The van der Waals surface area contributed by atoms with E-state index in [9.17, 15) is 0 Å². The Kier molecular flexibility index (Phi) is 3.96. The van der Waals surface area contributed by atoms with Crippen molar-refractivity contribution < 1.29 is 0 Å². The largest absolute Gasteiger partial charge is 0.381 e. The van der Waals surface area contributed by atoms with Crippen molar-refractivity contribution in [3.63, 3.8) is 0 Å². The summed E-state index contributed by atoms with van der Waals surface area (Å²) in [5.74, 6) is 0. The van der Waals surface area contributed by atoms with Crippen LogP contribution in [0.3, 0.4) is 0 Å². The Labute approximate surface area is 94.0 Å². The van der Waals surface area contributed by atoms with Crippen LogP contribution in [0, 0.1) is 6.92 Å². The van der Waals surface area contributed by atoms with E-state index in [2.05, 4.69) is 47.2 Å². The summed E-state index contributed by atoms with van der Waals surface area (Å²) in [5, 5.41) is 3.36. The molecule has 1 aromatic rings. The summed E-state index contributed by atoms with van der Waals surface area (Å²) in [4.78, 5) is 0. The van der Waals surface area contributed by atoms with E-state index >= 15 is 0 Å². The van der Waals surface area contributed by atoms with Crippen LogP contribution in [0.5, 0.6) is 0 Å². The molecule has 0 saturated heterocycles. The molecule has 1 rings (SSSR count). The molecule has 0 radical (unpaired) electrons. The minimum absolute atomic E-state index is 0.152. The van der Waals surface area contributed by atoms with Crippen LogP contribution in [-0.4, -0.2) is 12.1 Å². The summed E-state index contributed by atoms with van der Waals surface area (Å²) in [7, 11) is 0. The molecule has 0 amide bonds. The molecule has 1 aromatic carbocycles. The van der Waals surface area contributed by atoms with Gasteiger partial charge in [0, 0.05) is 22.2 Å². The molecule has 0 aliphatic heterocycles. The minimum Gasteiger partial charge on any atom is -0.381 e. The molecule has 2 atom stereocenters. The molecular weight excluding hydrogens is 240 g/mol. The molecule has 2 nitrogen and oxygen atoms in total. The maximum atomic E-state index is 5.78. The standard InChI is InChI=1S/C11H17BrN2/c1-7-6-10(4-5-11(7)12)14-9(3)8(2)13/h4-6,8-9,14H,13H2,1-3H3. The molecule has 0 saturated carbocycles. The summed E-state index contributed by atoms with van der Waals surface area (Å²) < 4.78 is 1.14. The van der Waals surface area contributed by atoms with E-state index in [0.29, 0.717) is 0 Å². The quantitative estimate of drug-likeness (QED) is 0.873. The van der Waals surface area contributed by atoms with Gasteiger partial charge in [-0.2, -0.15) is 0 Å². The zero-order valence-electron chi connectivity index (χ0n) is 8.84. The van der Waals surface area contributed by atoms with Crippen molar-refractivity contribution in [2.45, 2.75) is 32.9 Å². The molecule has 2 unspecified atom stereocenters. The first kappa shape index (κ1) is 11.5. The molecule has 3 N–H and O–H groups in total. The third-order valence-electron chi connectivity index (χ3n) is 2.34. The van der Waals surface area contributed by atoms with Crippen LogP contribution in [0.2, 0.25) is 0 Å². The van der Waals surface area contributed by atoms with E-state index in [1.165, 1.54) is 5.56 Å². The number of benzene rings is 1. The van der Waals surface area contributed by atoms with Crippen LogP contribution in [0.25, 0.3) is 0 Å². The van der Waals surface area contributed by atoms with Crippen molar-refractivity contribution in [2.24, 2.45) is 5.73 Å². The van der Waals surface area contributed by atoms with Crippen molar-refractivity contribution in [3.05, 3.63) is 28.2 Å². The second-order valence-corrected chi connectivity index (χ2v) is 4.61. The van der Waals surface area contributed by atoms with Gasteiger partial charge in [0.15, 0.2) is 0 Å². The highest BCUT2D eigenvalue weighted by Crippen LogP contribution is 2.20. The van der Waals surface area contributed by atoms with E-state index in [4.69, 9.17) is 5.73 Å². The number of rotatable bonds is 3. The fourth-order valence-electron chi connectivity index (χ4n) is 1.13. The molecule has 3 heteroatoms. The second-order valence-electron chi connectivity index (χ2n) is 3.76. The highest BCUT2D eigenvalue weighted by atomic mass is 79.9. The van der Waals surface area contributed by atoms with Crippen molar-refractivity contribution in [2.75, 3.05) is 5.32 Å². The molecule has 0 bridgehead atoms. The fraction of sp³-hybridized carbons (Fsp3) is 0.455. The molecule has 0 spiro atoms. The number of nitrogens with one attached hydrogen (secondary N) is 1. The summed E-state index contributed by atoms with van der Waals surface area (Å²) in [6, 6.07) is 6.65. The molecule has 14 heavy (non-hydrogen) atoms. The Balaban J connectivity index is 2.73. The van der Waals surface area contributed by atoms with Gasteiger partial charge >= 0.3 is 0 Å². The van der Waals surface area contributed by atoms with Gasteiger partial charge in [0.2, 0.25) is 0 Å². The highest BCUT2D eigenvalue weighted by molar-refractivity contribution is 9.10. The van der Waals surface area contributed by atoms with E-state index in [-0.39, 0.29) is 12.1 Å². The van der Waals surface area contributed by atoms with Gasteiger partial charge in [-0.1, -0.05) is 15.9 Å². The number of nitrogens with two attached hydrogens (primary N) is 1. The van der Waals surface area contributed by atoms with Crippen LogP contribution in [0.1, 0.15) is 19.4 Å². The van der Waals surface area contributed by atoms with E-state index < -0.39 is 0 Å². The summed E-state index contributed by atoms with van der Waals surface area (Å²) in [6.07, 6.45) is 0. The number of aryl methyl sites for hydroxylation is 1. The van der Waals surface area contributed by atoms with Crippen molar-refractivity contribution in [3.8, 4) is 0 Å². The molecule has 0 heterocycles. The van der Waals surface area contributed by atoms with Gasteiger partial charge in [-0.25, -0.2) is 0 Å². The summed E-state index contributed by atoms with van der Waals surface area (Å²) in [5.41, 5.74) is 8.13. The summed E-state index contributed by atoms with van der Waals surface area (Å²) >= 11 is 3.47. The smallest absolute Gasteiger partial charge is 0.0381 e. The Bertz CT molecular complexity index is 310. The molecule has 78 valence electrons. The van der Waals surface area contributed by atoms with E-state index in [1.54, 1.807) is 0 Å². The average Bonchev–Trinajstić information content (AvgIpc) is 2.11. The van der Waals surface area contributed by atoms with Gasteiger partial charge in [-0.15, -0.1) is 0 Å². The summed E-state index contributed by atoms with van der Waals surface area (Å²) in [6.45, 7) is 6.16. The third-order valence-corrected chi connectivity index (χ3v) is 3.23. The molecule has 0 fully saturated rings. The van der Waals surface area contributed by atoms with Crippen LogP contribution >= 0.6 is 15.9 Å². The lowest BCUT2D eigenvalue weighted by molar-refractivity contribution is 0.638. The lowest BCUT2D eigenvalue weighted by atomic mass is 10.1. The monoisotopic (exact) mass is 256 g/mol. The van der Waals surface area contributed by atoms with Crippen LogP contribution in [-0.2, 0) is 0 Å². The van der Waals surface area contributed by atoms with Gasteiger partial charge in [-0.05, 0) is 44.5 Å². The van der Waals surface area contributed by atoms with Crippen LogP contribution in [0.15, 0.2) is 22.7 Å². The van der Waals surface area contributed by atoms with Gasteiger partial charge in [0.05, 0.1) is 0 Å². The maximum Gasteiger partial charge on any atom is 0.0381 e. The highest BCUT2D eigenvalue weighted by Gasteiger charge is 2.06. The molecule has 0 aliphatic carbocycles. The Morgan fingerprint density at radius 2 is 2.00 bits per heavy atom. The molecule has 0 aromatic heterocycles.